The minimum atomic E-state index is -0.790. The number of fused-ring (bicyclic) bond motifs is 1. The molecule has 9 heteroatoms. The fraction of sp³-hybridized carbons (Fsp3) is 0.231. The summed E-state index contributed by atoms with van der Waals surface area (Å²) in [6.45, 7) is 3.20. The van der Waals surface area contributed by atoms with Crippen molar-refractivity contribution >= 4 is 35.2 Å². The average molecular weight is 489 g/mol. The minimum Gasteiger partial charge on any atom is -0.463 e. The second-order valence-electron chi connectivity index (χ2n) is 7.61. The third-order valence-electron chi connectivity index (χ3n) is 5.55. The molecule has 1 atom stereocenters. The highest BCUT2D eigenvalue weighted by atomic mass is 32.2. The molecule has 0 aromatic heterocycles. The number of esters is 2. The maximum absolute atomic E-state index is 13.4. The Labute approximate surface area is 207 Å². The number of amidine groups is 1. The van der Waals surface area contributed by atoms with E-state index in [9.17, 15) is 14.9 Å². The Morgan fingerprint density at radius 1 is 1.06 bits per heavy atom. The SMILES string of the molecule is CCOC(=O)C1=C(C(=O)OCC)N(CC#N)C(=N)/C(=C2\Nc3ccccc3S2)C1c1ccccc1. The van der Waals surface area contributed by atoms with E-state index >= 15 is 0 Å². The lowest BCUT2D eigenvalue weighted by Crippen LogP contribution is -2.44. The minimum absolute atomic E-state index is 0.0450. The number of benzene rings is 2. The summed E-state index contributed by atoms with van der Waals surface area (Å²) in [5, 5.41) is 22.7. The molecule has 4 rings (SSSR count). The molecule has 0 bridgehead atoms. The van der Waals surface area contributed by atoms with Crippen LogP contribution in [0.15, 0.2) is 81.4 Å². The number of carbonyl (C=O) groups is 2. The summed E-state index contributed by atoms with van der Waals surface area (Å²) in [5.41, 5.74) is 1.96. The summed E-state index contributed by atoms with van der Waals surface area (Å²) in [5.74, 6) is -2.32. The summed E-state index contributed by atoms with van der Waals surface area (Å²) < 4.78 is 10.7. The molecule has 178 valence electrons. The van der Waals surface area contributed by atoms with Crippen LogP contribution < -0.4 is 5.32 Å². The van der Waals surface area contributed by atoms with Crippen molar-refractivity contribution in [3.63, 3.8) is 0 Å². The van der Waals surface area contributed by atoms with E-state index in [0.717, 1.165) is 10.6 Å². The Hall–Kier alpha value is -4.03. The van der Waals surface area contributed by atoms with E-state index in [2.05, 4.69) is 5.32 Å². The van der Waals surface area contributed by atoms with E-state index in [0.29, 0.717) is 16.2 Å². The molecule has 0 amide bonds. The van der Waals surface area contributed by atoms with Gasteiger partial charge < -0.3 is 19.7 Å². The van der Waals surface area contributed by atoms with Crippen molar-refractivity contribution in [1.29, 1.82) is 10.7 Å². The number of hydrogen-bond donors (Lipinski definition) is 2. The van der Waals surface area contributed by atoms with Gasteiger partial charge in [-0.15, -0.1) is 0 Å². The van der Waals surface area contributed by atoms with Crippen LogP contribution in [-0.2, 0) is 19.1 Å². The van der Waals surface area contributed by atoms with Crippen LogP contribution in [0.3, 0.4) is 0 Å². The molecule has 0 aliphatic carbocycles. The molecule has 0 radical (unpaired) electrons. The zero-order valence-corrected chi connectivity index (χ0v) is 20.1. The van der Waals surface area contributed by atoms with Gasteiger partial charge in [0, 0.05) is 16.4 Å². The molecule has 0 fully saturated rings. The molecule has 0 saturated heterocycles. The van der Waals surface area contributed by atoms with Crippen molar-refractivity contribution in [3.8, 4) is 6.07 Å². The molecule has 8 nitrogen and oxygen atoms in total. The number of thioether (sulfide) groups is 1. The first-order chi connectivity index (χ1) is 17.0. The molecule has 0 saturated carbocycles. The molecule has 2 aliphatic heterocycles. The van der Waals surface area contributed by atoms with E-state index in [4.69, 9.17) is 14.9 Å². The first-order valence-electron chi connectivity index (χ1n) is 11.2. The van der Waals surface area contributed by atoms with Crippen molar-refractivity contribution < 1.29 is 19.1 Å². The topological polar surface area (TPSA) is 116 Å². The fourth-order valence-corrected chi connectivity index (χ4v) is 5.23. The molecule has 35 heavy (non-hydrogen) atoms. The monoisotopic (exact) mass is 488 g/mol. The third-order valence-corrected chi connectivity index (χ3v) is 6.65. The summed E-state index contributed by atoms with van der Waals surface area (Å²) >= 11 is 1.44. The van der Waals surface area contributed by atoms with E-state index < -0.39 is 17.9 Å². The maximum atomic E-state index is 13.4. The van der Waals surface area contributed by atoms with Crippen molar-refractivity contribution in [2.45, 2.75) is 24.7 Å². The van der Waals surface area contributed by atoms with Crippen LogP contribution in [0.25, 0.3) is 0 Å². The third kappa shape index (κ3) is 4.53. The highest BCUT2D eigenvalue weighted by Crippen LogP contribution is 2.49. The number of carbonyl (C=O) groups excluding carboxylic acids is 2. The predicted octanol–water partition coefficient (Wildman–Crippen LogP) is 4.40. The van der Waals surface area contributed by atoms with Crippen molar-refractivity contribution in [2.24, 2.45) is 0 Å². The fourth-order valence-electron chi connectivity index (χ4n) is 4.15. The lowest BCUT2D eigenvalue weighted by atomic mass is 9.79. The standard InChI is InChI=1S/C26H24N4O4S/c1-3-33-25(31)20-19(16-10-6-5-7-11-16)21(24-29-17-12-8-9-13-18(17)35-24)23(28)30(15-14-27)22(20)26(32)34-4-2/h5-13,19,28-29H,3-4,15H2,1-2H3/b24-21+,28-23?. The summed E-state index contributed by atoms with van der Waals surface area (Å²) in [7, 11) is 0. The Bertz CT molecular complexity index is 1250. The lowest BCUT2D eigenvalue weighted by molar-refractivity contribution is -0.143. The van der Waals surface area contributed by atoms with Gasteiger partial charge >= 0.3 is 11.9 Å². The van der Waals surface area contributed by atoms with Crippen molar-refractivity contribution in [2.75, 3.05) is 25.1 Å². The number of para-hydroxylation sites is 1. The number of rotatable bonds is 6. The van der Waals surface area contributed by atoms with Gasteiger partial charge in [-0.05, 0) is 31.5 Å². The molecule has 2 aromatic carbocycles. The Balaban J connectivity index is 2.03. The van der Waals surface area contributed by atoms with E-state index in [1.54, 1.807) is 13.8 Å². The Kier molecular flexibility index (Phi) is 7.22. The van der Waals surface area contributed by atoms with Crippen LogP contribution >= 0.6 is 11.8 Å². The largest absolute Gasteiger partial charge is 0.463 e. The lowest BCUT2D eigenvalue weighted by Gasteiger charge is -2.37. The number of hydrogen-bond acceptors (Lipinski definition) is 8. The second-order valence-corrected chi connectivity index (χ2v) is 8.66. The van der Waals surface area contributed by atoms with Crippen molar-refractivity contribution in [3.05, 3.63) is 82.0 Å². The Morgan fingerprint density at radius 2 is 1.71 bits per heavy atom. The highest BCUT2D eigenvalue weighted by molar-refractivity contribution is 8.03. The Morgan fingerprint density at radius 3 is 2.37 bits per heavy atom. The molecule has 2 heterocycles. The number of anilines is 1. The van der Waals surface area contributed by atoms with Gasteiger partial charge in [-0.1, -0.05) is 54.2 Å². The van der Waals surface area contributed by atoms with E-state index in [-0.39, 0.29) is 36.9 Å². The van der Waals surface area contributed by atoms with Gasteiger partial charge in [0.1, 0.15) is 18.1 Å². The quantitative estimate of drug-likeness (QED) is 0.454. The molecule has 2 aromatic rings. The summed E-state index contributed by atoms with van der Waals surface area (Å²) in [6, 6.07) is 18.9. The molecular weight excluding hydrogens is 464 g/mol. The van der Waals surface area contributed by atoms with E-state index in [1.165, 1.54) is 16.7 Å². The zero-order chi connectivity index (χ0) is 24.9. The normalized spacial score (nSPS) is 19.1. The molecule has 0 spiro atoms. The summed E-state index contributed by atoms with van der Waals surface area (Å²) in [6.07, 6.45) is 0. The number of ether oxygens (including phenoxy) is 2. The second kappa shape index (κ2) is 10.5. The highest BCUT2D eigenvalue weighted by Gasteiger charge is 2.45. The van der Waals surface area contributed by atoms with Crippen LogP contribution in [0.4, 0.5) is 5.69 Å². The predicted molar refractivity (Wildman–Crippen MR) is 132 cm³/mol. The van der Waals surface area contributed by atoms with Crippen LogP contribution in [0.2, 0.25) is 0 Å². The van der Waals surface area contributed by atoms with Crippen LogP contribution in [0.1, 0.15) is 25.3 Å². The zero-order valence-electron chi connectivity index (χ0n) is 19.3. The van der Waals surface area contributed by atoms with Gasteiger partial charge in [-0.3, -0.25) is 5.41 Å². The molecule has 2 aliphatic rings. The molecular formula is C26H24N4O4S. The molecule has 1 unspecified atom stereocenters. The first kappa shape index (κ1) is 24.1. The number of nitrogens with one attached hydrogen (secondary N) is 2. The number of nitriles is 1. The van der Waals surface area contributed by atoms with Gasteiger partial charge in [-0.2, -0.15) is 5.26 Å². The van der Waals surface area contributed by atoms with Gasteiger partial charge in [0.2, 0.25) is 0 Å². The first-order valence-corrected chi connectivity index (χ1v) is 12.0. The van der Waals surface area contributed by atoms with Gasteiger partial charge in [0.25, 0.3) is 0 Å². The van der Waals surface area contributed by atoms with Gasteiger partial charge in [0.15, 0.2) is 0 Å². The maximum Gasteiger partial charge on any atom is 0.355 e. The van der Waals surface area contributed by atoms with E-state index in [1.807, 2.05) is 60.7 Å². The summed E-state index contributed by atoms with van der Waals surface area (Å²) in [4.78, 5) is 28.8. The molecule has 2 N–H and O–H groups in total. The van der Waals surface area contributed by atoms with Crippen LogP contribution in [0.5, 0.6) is 0 Å². The van der Waals surface area contributed by atoms with Crippen LogP contribution in [-0.4, -0.2) is 42.4 Å². The number of nitrogens with zero attached hydrogens (tertiary/aromatic N) is 2. The van der Waals surface area contributed by atoms with Gasteiger partial charge in [0.05, 0.1) is 35.6 Å². The average Bonchev–Trinajstić information content (AvgIpc) is 3.29. The van der Waals surface area contributed by atoms with Gasteiger partial charge in [-0.25, -0.2) is 9.59 Å². The smallest absolute Gasteiger partial charge is 0.355 e. The van der Waals surface area contributed by atoms with Crippen LogP contribution in [0, 0.1) is 16.7 Å². The van der Waals surface area contributed by atoms with Crippen molar-refractivity contribution in [1.82, 2.24) is 4.90 Å².